The predicted molar refractivity (Wildman–Crippen MR) is 81.6 cm³/mol. The van der Waals surface area contributed by atoms with Crippen molar-refractivity contribution >= 4 is 0 Å². The fourth-order valence-corrected chi connectivity index (χ4v) is 3.50. The van der Waals surface area contributed by atoms with Crippen LogP contribution >= 0.6 is 0 Å². The largest absolute Gasteiger partial charge is 0.0651 e. The zero-order chi connectivity index (χ0) is 13.2. The first-order valence-electron chi connectivity index (χ1n) is 7.43. The van der Waals surface area contributed by atoms with Crippen molar-refractivity contribution in [2.45, 2.75) is 39.0 Å². The molecule has 19 heavy (non-hydrogen) atoms. The lowest BCUT2D eigenvalue weighted by Crippen LogP contribution is -2.19. The lowest BCUT2D eigenvalue weighted by molar-refractivity contribution is 0.416. The standard InChI is InChI=1S/C19H22/c1-3-15-12-16-9-5-7-11-18(16)19(13-15)17-10-6-4-8-14(17)2/h4-11,15,19H,3,12-13H2,1-2H3. The third-order valence-electron chi connectivity index (χ3n) is 4.65. The molecule has 0 saturated heterocycles. The molecule has 0 fully saturated rings. The van der Waals surface area contributed by atoms with E-state index >= 15 is 0 Å². The number of aryl methyl sites for hydroxylation is 1. The molecule has 0 radical (unpaired) electrons. The lowest BCUT2D eigenvalue weighted by atomic mass is 9.72. The number of rotatable bonds is 2. The molecule has 0 aromatic heterocycles. The highest BCUT2D eigenvalue weighted by atomic mass is 14.3. The van der Waals surface area contributed by atoms with Gasteiger partial charge in [-0.3, -0.25) is 0 Å². The normalized spacial score (nSPS) is 22.0. The highest BCUT2D eigenvalue weighted by Gasteiger charge is 2.27. The van der Waals surface area contributed by atoms with E-state index in [0.717, 1.165) is 5.92 Å². The number of hydrogen-bond donors (Lipinski definition) is 0. The van der Waals surface area contributed by atoms with Crippen molar-refractivity contribution in [1.29, 1.82) is 0 Å². The topological polar surface area (TPSA) is 0 Å². The average Bonchev–Trinajstić information content (AvgIpc) is 2.46. The lowest BCUT2D eigenvalue weighted by Gasteiger charge is -2.32. The SMILES string of the molecule is CCC1Cc2ccccc2C(c2ccccc2C)C1. The Bertz CT molecular complexity index is 568. The van der Waals surface area contributed by atoms with Crippen LogP contribution in [0.25, 0.3) is 0 Å². The van der Waals surface area contributed by atoms with Gasteiger partial charge in [-0.15, -0.1) is 0 Å². The monoisotopic (exact) mass is 250 g/mol. The van der Waals surface area contributed by atoms with Gasteiger partial charge in [-0.2, -0.15) is 0 Å². The molecule has 98 valence electrons. The number of fused-ring (bicyclic) bond motifs is 1. The van der Waals surface area contributed by atoms with Gasteiger partial charge >= 0.3 is 0 Å². The Hall–Kier alpha value is -1.56. The molecule has 2 aromatic rings. The minimum atomic E-state index is 0.594. The molecule has 0 amide bonds. The second-order valence-electron chi connectivity index (χ2n) is 5.82. The van der Waals surface area contributed by atoms with Crippen LogP contribution in [0.1, 0.15) is 47.9 Å². The van der Waals surface area contributed by atoms with Crippen LogP contribution < -0.4 is 0 Å². The Morgan fingerprint density at radius 3 is 2.37 bits per heavy atom. The van der Waals surface area contributed by atoms with Gasteiger partial charge in [0.2, 0.25) is 0 Å². The van der Waals surface area contributed by atoms with Gasteiger partial charge in [-0.05, 0) is 47.9 Å². The molecule has 0 aliphatic heterocycles. The van der Waals surface area contributed by atoms with Crippen molar-refractivity contribution in [3.05, 3.63) is 70.8 Å². The van der Waals surface area contributed by atoms with Crippen molar-refractivity contribution in [3.8, 4) is 0 Å². The number of benzene rings is 2. The van der Waals surface area contributed by atoms with E-state index in [1.54, 1.807) is 11.1 Å². The predicted octanol–water partition coefficient (Wildman–Crippen LogP) is 5.10. The van der Waals surface area contributed by atoms with E-state index in [0.29, 0.717) is 5.92 Å². The molecule has 2 atom stereocenters. The summed E-state index contributed by atoms with van der Waals surface area (Å²) in [6.07, 6.45) is 3.85. The molecule has 0 heteroatoms. The van der Waals surface area contributed by atoms with Crippen molar-refractivity contribution in [3.63, 3.8) is 0 Å². The maximum absolute atomic E-state index is 2.33. The van der Waals surface area contributed by atoms with Crippen molar-refractivity contribution < 1.29 is 0 Å². The van der Waals surface area contributed by atoms with Crippen LogP contribution in [0.15, 0.2) is 48.5 Å². The smallest absolute Gasteiger partial charge is 0.00974 e. The molecule has 3 rings (SSSR count). The molecule has 0 heterocycles. The Balaban J connectivity index is 2.08. The van der Waals surface area contributed by atoms with Crippen LogP contribution in [-0.4, -0.2) is 0 Å². The molecule has 1 aliphatic carbocycles. The zero-order valence-electron chi connectivity index (χ0n) is 11.9. The number of hydrogen-bond acceptors (Lipinski definition) is 0. The van der Waals surface area contributed by atoms with Gasteiger partial charge in [-0.25, -0.2) is 0 Å². The molecular weight excluding hydrogens is 228 g/mol. The summed E-state index contributed by atoms with van der Waals surface area (Å²) in [4.78, 5) is 0. The molecule has 0 bridgehead atoms. The van der Waals surface area contributed by atoms with Crippen LogP contribution in [0.4, 0.5) is 0 Å². The second kappa shape index (κ2) is 5.21. The minimum Gasteiger partial charge on any atom is -0.0651 e. The van der Waals surface area contributed by atoms with E-state index in [-0.39, 0.29) is 0 Å². The van der Waals surface area contributed by atoms with Crippen LogP contribution in [0, 0.1) is 12.8 Å². The summed E-state index contributed by atoms with van der Waals surface area (Å²) in [6, 6.07) is 17.9. The summed E-state index contributed by atoms with van der Waals surface area (Å²) in [5.74, 6) is 1.43. The van der Waals surface area contributed by atoms with E-state index in [2.05, 4.69) is 62.4 Å². The quantitative estimate of drug-likeness (QED) is 0.695. The summed E-state index contributed by atoms with van der Waals surface area (Å²) in [6.45, 7) is 4.57. The maximum Gasteiger partial charge on any atom is 0.00974 e. The highest BCUT2D eigenvalue weighted by molar-refractivity contribution is 5.43. The van der Waals surface area contributed by atoms with Crippen molar-refractivity contribution in [2.75, 3.05) is 0 Å². The molecular formula is C19H22. The first-order chi connectivity index (χ1) is 9.29. The van der Waals surface area contributed by atoms with E-state index in [1.165, 1.54) is 30.4 Å². The van der Waals surface area contributed by atoms with Gasteiger partial charge in [0.05, 0.1) is 0 Å². The van der Waals surface area contributed by atoms with Crippen LogP contribution in [-0.2, 0) is 6.42 Å². The Kier molecular flexibility index (Phi) is 3.42. The second-order valence-corrected chi connectivity index (χ2v) is 5.82. The van der Waals surface area contributed by atoms with E-state index in [1.807, 2.05) is 0 Å². The summed E-state index contributed by atoms with van der Waals surface area (Å²) < 4.78 is 0. The molecule has 2 unspecified atom stereocenters. The summed E-state index contributed by atoms with van der Waals surface area (Å²) in [7, 11) is 0. The summed E-state index contributed by atoms with van der Waals surface area (Å²) in [5.41, 5.74) is 6.07. The van der Waals surface area contributed by atoms with E-state index in [4.69, 9.17) is 0 Å². The fraction of sp³-hybridized carbons (Fsp3) is 0.368. The molecule has 0 spiro atoms. The van der Waals surface area contributed by atoms with Gasteiger partial charge in [0.15, 0.2) is 0 Å². The summed E-state index contributed by atoms with van der Waals surface area (Å²) in [5, 5.41) is 0. The van der Waals surface area contributed by atoms with E-state index < -0.39 is 0 Å². The van der Waals surface area contributed by atoms with Crippen molar-refractivity contribution in [1.82, 2.24) is 0 Å². The zero-order valence-corrected chi connectivity index (χ0v) is 11.9. The van der Waals surface area contributed by atoms with Crippen molar-refractivity contribution in [2.24, 2.45) is 5.92 Å². The average molecular weight is 250 g/mol. The molecule has 1 aliphatic rings. The van der Waals surface area contributed by atoms with Gasteiger partial charge < -0.3 is 0 Å². The fourth-order valence-electron chi connectivity index (χ4n) is 3.50. The van der Waals surface area contributed by atoms with Gasteiger partial charge in [0, 0.05) is 5.92 Å². The molecule has 0 saturated carbocycles. The molecule has 2 aromatic carbocycles. The first kappa shape index (κ1) is 12.5. The Morgan fingerprint density at radius 1 is 0.947 bits per heavy atom. The van der Waals surface area contributed by atoms with Crippen LogP contribution in [0.2, 0.25) is 0 Å². The van der Waals surface area contributed by atoms with Gasteiger partial charge in [0.25, 0.3) is 0 Å². The Labute approximate surface area is 116 Å². The Morgan fingerprint density at radius 2 is 1.63 bits per heavy atom. The van der Waals surface area contributed by atoms with Crippen LogP contribution in [0.3, 0.4) is 0 Å². The van der Waals surface area contributed by atoms with Crippen LogP contribution in [0.5, 0.6) is 0 Å². The third kappa shape index (κ3) is 2.32. The highest BCUT2D eigenvalue weighted by Crippen LogP contribution is 2.41. The first-order valence-corrected chi connectivity index (χ1v) is 7.43. The molecule has 0 N–H and O–H groups in total. The van der Waals surface area contributed by atoms with Gasteiger partial charge in [-0.1, -0.05) is 61.9 Å². The third-order valence-corrected chi connectivity index (χ3v) is 4.65. The van der Waals surface area contributed by atoms with Gasteiger partial charge in [0.1, 0.15) is 0 Å². The van der Waals surface area contributed by atoms with E-state index in [9.17, 15) is 0 Å². The maximum atomic E-state index is 2.33. The minimum absolute atomic E-state index is 0.594. The molecule has 0 nitrogen and oxygen atoms in total. The summed E-state index contributed by atoms with van der Waals surface area (Å²) >= 11 is 0.